The molecule has 2 aromatic heterocycles. The maximum atomic E-state index is 14.7. The highest BCUT2D eigenvalue weighted by atomic mass is 32.2. The Hall–Kier alpha value is -3.21. The van der Waals surface area contributed by atoms with E-state index in [0.717, 1.165) is 17.9 Å². The van der Waals surface area contributed by atoms with Crippen molar-refractivity contribution in [2.24, 2.45) is 0 Å². The summed E-state index contributed by atoms with van der Waals surface area (Å²) >= 11 is 0. The summed E-state index contributed by atoms with van der Waals surface area (Å²) in [7, 11) is -1.92. The van der Waals surface area contributed by atoms with Gasteiger partial charge in [0.2, 0.25) is 0 Å². The topological polar surface area (TPSA) is 117 Å². The van der Waals surface area contributed by atoms with Crippen molar-refractivity contribution >= 4 is 38.5 Å². The second-order valence-electron chi connectivity index (χ2n) is 7.55. The van der Waals surface area contributed by atoms with Gasteiger partial charge in [-0.1, -0.05) is 0 Å². The molecule has 0 saturated carbocycles. The number of nitrogens with zero attached hydrogens (tertiary/aromatic N) is 4. The Morgan fingerprint density at radius 3 is 2.61 bits per heavy atom. The summed E-state index contributed by atoms with van der Waals surface area (Å²) in [6.07, 6.45) is 4.36. The fourth-order valence-electron chi connectivity index (χ4n) is 3.87. The number of hydrogen-bond donors (Lipinski definition) is 1. The molecule has 1 aliphatic rings. The van der Waals surface area contributed by atoms with E-state index in [1.165, 1.54) is 28.3 Å². The fraction of sp³-hybridized carbons (Fsp3) is 0.350. The number of fused-ring (bicyclic) bond motifs is 1. The lowest BCUT2D eigenvalue weighted by Gasteiger charge is -2.29. The Labute approximate surface area is 178 Å². The molecule has 3 heterocycles. The van der Waals surface area contributed by atoms with E-state index in [0.29, 0.717) is 42.8 Å². The molecule has 1 amide bonds. The molecule has 1 aliphatic heterocycles. The number of hydrogen-bond acceptors (Lipinski definition) is 7. The van der Waals surface area contributed by atoms with Crippen molar-refractivity contribution in [1.29, 1.82) is 0 Å². The third-order valence-corrected chi connectivity index (χ3v) is 6.70. The highest BCUT2D eigenvalue weighted by Crippen LogP contribution is 2.37. The number of benzene rings is 1. The van der Waals surface area contributed by atoms with Gasteiger partial charge in [0.1, 0.15) is 17.7 Å². The van der Waals surface area contributed by atoms with Crippen molar-refractivity contribution < 1.29 is 27.1 Å². The van der Waals surface area contributed by atoms with Crippen molar-refractivity contribution in [2.75, 3.05) is 31.3 Å². The average molecular weight is 448 g/mol. The second kappa shape index (κ2) is 7.80. The van der Waals surface area contributed by atoms with Crippen molar-refractivity contribution in [1.82, 2.24) is 14.9 Å². The van der Waals surface area contributed by atoms with Crippen LogP contribution in [0.4, 0.5) is 20.7 Å². The zero-order valence-corrected chi connectivity index (χ0v) is 17.8. The minimum atomic E-state index is -3.53. The van der Waals surface area contributed by atoms with Crippen LogP contribution in [0.15, 0.2) is 40.1 Å². The predicted octanol–water partition coefficient (Wildman–Crippen LogP) is 3.39. The van der Waals surface area contributed by atoms with E-state index in [1.54, 1.807) is 13.3 Å². The number of anilines is 2. The van der Waals surface area contributed by atoms with E-state index in [1.807, 2.05) is 0 Å². The zero-order valence-electron chi connectivity index (χ0n) is 16.9. The maximum absolute atomic E-state index is 14.7. The summed E-state index contributed by atoms with van der Waals surface area (Å²) in [5, 5.41) is 9.13. The lowest BCUT2D eigenvalue weighted by molar-refractivity contribution is 0.132. The fourth-order valence-corrected chi connectivity index (χ4v) is 4.50. The van der Waals surface area contributed by atoms with Gasteiger partial charge in [-0.15, -0.1) is 0 Å². The van der Waals surface area contributed by atoms with Crippen LogP contribution >= 0.6 is 0 Å². The van der Waals surface area contributed by atoms with Gasteiger partial charge in [0, 0.05) is 32.0 Å². The van der Waals surface area contributed by atoms with Gasteiger partial charge in [0.05, 0.1) is 16.8 Å². The van der Waals surface area contributed by atoms with E-state index in [-0.39, 0.29) is 16.5 Å². The van der Waals surface area contributed by atoms with Gasteiger partial charge in [-0.3, -0.25) is 0 Å². The Kier molecular flexibility index (Phi) is 5.29. The van der Waals surface area contributed by atoms with Crippen molar-refractivity contribution in [3.8, 4) is 0 Å². The lowest BCUT2D eigenvalue weighted by Crippen LogP contribution is -2.36. The summed E-state index contributed by atoms with van der Waals surface area (Å²) in [6, 6.07) is 3.70. The molecule has 0 unspecified atom stereocenters. The molecular weight excluding hydrogens is 427 g/mol. The summed E-state index contributed by atoms with van der Waals surface area (Å²) in [6.45, 7) is 0.866. The van der Waals surface area contributed by atoms with Crippen LogP contribution in [0.3, 0.4) is 0 Å². The van der Waals surface area contributed by atoms with Crippen molar-refractivity contribution in [3.63, 3.8) is 0 Å². The summed E-state index contributed by atoms with van der Waals surface area (Å²) < 4.78 is 43.8. The lowest BCUT2D eigenvalue weighted by atomic mass is 9.90. The van der Waals surface area contributed by atoms with Crippen LogP contribution in [0.25, 0.3) is 11.1 Å². The Morgan fingerprint density at radius 2 is 2.00 bits per heavy atom. The highest BCUT2D eigenvalue weighted by molar-refractivity contribution is 7.90. The Bertz CT molecular complexity index is 1250. The SMILES string of the molecule is CN(c1ccc(S(C)(=O)=O)cc1F)c1ncnc2c(C3CCN(C(=O)O)CC3)coc12. The average Bonchev–Trinajstić information content (AvgIpc) is 3.17. The predicted molar refractivity (Wildman–Crippen MR) is 111 cm³/mol. The maximum Gasteiger partial charge on any atom is 0.407 e. The molecule has 31 heavy (non-hydrogen) atoms. The molecule has 164 valence electrons. The molecule has 0 spiro atoms. The molecule has 0 aliphatic carbocycles. The zero-order chi connectivity index (χ0) is 22.3. The molecule has 0 atom stereocenters. The van der Waals surface area contributed by atoms with E-state index in [9.17, 15) is 17.6 Å². The largest absolute Gasteiger partial charge is 0.465 e. The van der Waals surface area contributed by atoms with Gasteiger partial charge in [-0.05, 0) is 37.0 Å². The van der Waals surface area contributed by atoms with Crippen LogP contribution in [0, 0.1) is 5.82 Å². The van der Waals surface area contributed by atoms with E-state index >= 15 is 0 Å². The van der Waals surface area contributed by atoms with Crippen LogP contribution in [-0.4, -0.2) is 60.9 Å². The first-order chi connectivity index (χ1) is 14.7. The van der Waals surface area contributed by atoms with Crippen molar-refractivity contribution in [2.45, 2.75) is 23.7 Å². The summed E-state index contributed by atoms with van der Waals surface area (Å²) in [5.41, 5.74) is 1.98. The van der Waals surface area contributed by atoms with E-state index in [2.05, 4.69) is 9.97 Å². The van der Waals surface area contributed by atoms with Crippen LogP contribution < -0.4 is 4.90 Å². The van der Waals surface area contributed by atoms with Crippen LogP contribution in [0.1, 0.15) is 24.3 Å². The number of halogens is 1. The van der Waals surface area contributed by atoms with E-state index < -0.39 is 21.7 Å². The van der Waals surface area contributed by atoms with Crippen LogP contribution in [-0.2, 0) is 9.84 Å². The first-order valence-electron chi connectivity index (χ1n) is 9.60. The standard InChI is InChI=1S/C20H21FN4O5S/c1-24(16-4-3-13(9-15(16)21)31(2,28)29)19-18-17(22-11-23-19)14(10-30-18)12-5-7-25(8-6-12)20(26)27/h3-4,9-12H,5-8H2,1-2H3,(H,26,27). The van der Waals surface area contributed by atoms with Crippen LogP contribution in [0.2, 0.25) is 0 Å². The number of sulfone groups is 1. The molecule has 11 heteroatoms. The molecule has 1 fully saturated rings. The minimum Gasteiger partial charge on any atom is -0.465 e. The van der Waals surface area contributed by atoms with Gasteiger partial charge in [0.25, 0.3) is 0 Å². The molecule has 4 rings (SSSR count). The van der Waals surface area contributed by atoms with Crippen LogP contribution in [0.5, 0.6) is 0 Å². The monoisotopic (exact) mass is 448 g/mol. The minimum absolute atomic E-state index is 0.0932. The molecule has 0 radical (unpaired) electrons. The van der Waals surface area contributed by atoms with E-state index in [4.69, 9.17) is 9.52 Å². The normalized spacial score (nSPS) is 15.4. The number of amides is 1. The molecule has 1 aromatic carbocycles. The Balaban J connectivity index is 1.66. The Morgan fingerprint density at radius 1 is 1.29 bits per heavy atom. The molecule has 9 nitrogen and oxygen atoms in total. The third-order valence-electron chi connectivity index (χ3n) is 5.59. The number of furan rings is 1. The first kappa shape index (κ1) is 21.0. The number of piperidine rings is 1. The summed E-state index contributed by atoms with van der Waals surface area (Å²) in [5.74, 6) is -0.272. The second-order valence-corrected chi connectivity index (χ2v) is 9.57. The van der Waals surface area contributed by atoms with Gasteiger partial charge in [-0.25, -0.2) is 27.6 Å². The number of likely N-dealkylation sites (tertiary alicyclic amines) is 1. The van der Waals surface area contributed by atoms with Gasteiger partial charge in [-0.2, -0.15) is 0 Å². The molecule has 1 saturated heterocycles. The van der Waals surface area contributed by atoms with Gasteiger partial charge >= 0.3 is 6.09 Å². The quantitative estimate of drug-likeness (QED) is 0.646. The first-order valence-corrected chi connectivity index (χ1v) is 11.5. The smallest absolute Gasteiger partial charge is 0.407 e. The summed E-state index contributed by atoms with van der Waals surface area (Å²) in [4.78, 5) is 22.5. The highest BCUT2D eigenvalue weighted by Gasteiger charge is 2.28. The third kappa shape index (κ3) is 3.92. The number of carbonyl (C=O) groups is 1. The molecular formula is C20H21FN4O5S. The van der Waals surface area contributed by atoms with Crippen molar-refractivity contribution in [3.05, 3.63) is 42.2 Å². The molecule has 1 N–H and O–H groups in total. The number of aromatic nitrogens is 2. The molecule has 0 bridgehead atoms. The number of rotatable bonds is 4. The molecule has 3 aromatic rings. The van der Waals surface area contributed by atoms with Gasteiger partial charge in [0.15, 0.2) is 21.2 Å². The van der Waals surface area contributed by atoms with Gasteiger partial charge < -0.3 is 19.3 Å². The number of carboxylic acid groups (broad SMARTS) is 1.